The van der Waals surface area contributed by atoms with E-state index >= 15 is 0 Å². The zero-order valence-corrected chi connectivity index (χ0v) is 12.9. The van der Waals surface area contributed by atoms with Gasteiger partial charge < -0.3 is 10.1 Å². The summed E-state index contributed by atoms with van der Waals surface area (Å²) in [6.07, 6.45) is 0.188. The van der Waals surface area contributed by atoms with Gasteiger partial charge in [-0.1, -0.05) is 29.8 Å². The summed E-state index contributed by atoms with van der Waals surface area (Å²) in [6.45, 7) is 6.87. The molecule has 0 aliphatic heterocycles. The molecule has 1 N–H and O–H groups in total. The average Bonchev–Trinajstić information content (AvgIpc) is 2.39. The van der Waals surface area contributed by atoms with E-state index in [1.165, 1.54) is 11.1 Å². The highest BCUT2D eigenvalue weighted by Gasteiger charge is 2.02. The van der Waals surface area contributed by atoms with Gasteiger partial charge in [-0.2, -0.15) is 0 Å². The van der Waals surface area contributed by atoms with Crippen molar-refractivity contribution in [2.24, 2.45) is 0 Å². The predicted molar refractivity (Wildman–Crippen MR) is 85.7 cm³/mol. The highest BCUT2D eigenvalue weighted by Crippen LogP contribution is 2.21. The third kappa shape index (κ3) is 4.17. The predicted octanol–water partition coefficient (Wildman–Crippen LogP) is 5.05. The van der Waals surface area contributed by atoms with E-state index in [4.69, 9.17) is 16.3 Å². The molecule has 0 fully saturated rings. The standard InChI is InChI=1S/C17H20ClNO/c1-12(2)20-16-6-4-5-14(9-16)11-19-17-10-15(18)8-7-13(17)3/h4-10,12,19H,11H2,1-3H3. The Morgan fingerprint density at radius 1 is 1.15 bits per heavy atom. The lowest BCUT2D eigenvalue weighted by Gasteiger charge is -2.13. The van der Waals surface area contributed by atoms with Gasteiger partial charge in [0.1, 0.15) is 5.75 Å². The van der Waals surface area contributed by atoms with Crippen LogP contribution in [-0.4, -0.2) is 6.10 Å². The van der Waals surface area contributed by atoms with Crippen LogP contribution in [0.25, 0.3) is 0 Å². The minimum Gasteiger partial charge on any atom is -0.491 e. The fourth-order valence-electron chi connectivity index (χ4n) is 1.98. The number of anilines is 1. The summed E-state index contributed by atoms with van der Waals surface area (Å²) in [5.74, 6) is 0.905. The van der Waals surface area contributed by atoms with Gasteiger partial charge in [0, 0.05) is 17.3 Å². The number of halogens is 1. The lowest BCUT2D eigenvalue weighted by molar-refractivity contribution is 0.242. The summed E-state index contributed by atoms with van der Waals surface area (Å²) in [6, 6.07) is 14.0. The van der Waals surface area contributed by atoms with Crippen molar-refractivity contribution in [1.82, 2.24) is 0 Å². The molecule has 0 saturated heterocycles. The first-order valence-electron chi connectivity index (χ1n) is 6.80. The van der Waals surface area contributed by atoms with Crippen LogP contribution in [0.15, 0.2) is 42.5 Å². The number of hydrogen-bond acceptors (Lipinski definition) is 2. The number of benzene rings is 2. The minimum atomic E-state index is 0.188. The number of aryl methyl sites for hydroxylation is 1. The zero-order chi connectivity index (χ0) is 14.5. The van der Waals surface area contributed by atoms with Crippen LogP contribution in [0.3, 0.4) is 0 Å². The molecule has 2 nitrogen and oxygen atoms in total. The van der Waals surface area contributed by atoms with Crippen molar-refractivity contribution in [1.29, 1.82) is 0 Å². The third-order valence-electron chi connectivity index (χ3n) is 2.95. The van der Waals surface area contributed by atoms with Gasteiger partial charge in [0.2, 0.25) is 0 Å². The van der Waals surface area contributed by atoms with Crippen LogP contribution < -0.4 is 10.1 Å². The van der Waals surface area contributed by atoms with Crippen LogP contribution in [0.1, 0.15) is 25.0 Å². The Labute approximate surface area is 125 Å². The van der Waals surface area contributed by atoms with Crippen molar-refractivity contribution in [3.8, 4) is 5.75 Å². The molecule has 0 aliphatic rings. The molecule has 2 aromatic rings. The Bertz CT molecular complexity index is 581. The first-order valence-corrected chi connectivity index (χ1v) is 7.18. The summed E-state index contributed by atoms with van der Waals surface area (Å²) >= 11 is 6.02. The average molecular weight is 290 g/mol. The van der Waals surface area contributed by atoms with Crippen molar-refractivity contribution in [2.75, 3.05) is 5.32 Å². The van der Waals surface area contributed by atoms with Gasteiger partial charge in [-0.3, -0.25) is 0 Å². The third-order valence-corrected chi connectivity index (χ3v) is 3.19. The Morgan fingerprint density at radius 3 is 2.70 bits per heavy atom. The van der Waals surface area contributed by atoms with Crippen molar-refractivity contribution in [3.05, 3.63) is 58.6 Å². The molecule has 0 bridgehead atoms. The van der Waals surface area contributed by atoms with Crippen molar-refractivity contribution in [3.63, 3.8) is 0 Å². The Kier molecular flexibility index (Phi) is 4.91. The molecule has 3 heteroatoms. The second kappa shape index (κ2) is 6.67. The maximum Gasteiger partial charge on any atom is 0.120 e. The van der Waals surface area contributed by atoms with Crippen LogP contribution in [0.4, 0.5) is 5.69 Å². The Hall–Kier alpha value is -1.67. The molecule has 0 aromatic heterocycles. The maximum absolute atomic E-state index is 6.02. The van der Waals surface area contributed by atoms with E-state index in [1.807, 2.05) is 44.2 Å². The van der Waals surface area contributed by atoms with Gasteiger partial charge in [0.05, 0.1) is 6.10 Å². The summed E-state index contributed by atoms with van der Waals surface area (Å²) in [4.78, 5) is 0. The van der Waals surface area contributed by atoms with Gasteiger partial charge in [-0.05, 0) is 56.2 Å². The van der Waals surface area contributed by atoms with E-state index in [9.17, 15) is 0 Å². The van der Waals surface area contributed by atoms with Crippen LogP contribution >= 0.6 is 11.6 Å². The molecule has 106 valence electrons. The molecule has 2 aromatic carbocycles. The second-order valence-corrected chi connectivity index (χ2v) is 5.56. The molecule has 0 heterocycles. The topological polar surface area (TPSA) is 21.3 Å². The smallest absolute Gasteiger partial charge is 0.120 e. The zero-order valence-electron chi connectivity index (χ0n) is 12.1. The van der Waals surface area contributed by atoms with Gasteiger partial charge in [-0.25, -0.2) is 0 Å². The molecular weight excluding hydrogens is 270 g/mol. The SMILES string of the molecule is Cc1ccc(Cl)cc1NCc1cccc(OC(C)C)c1. The highest BCUT2D eigenvalue weighted by atomic mass is 35.5. The van der Waals surface area contributed by atoms with Crippen LogP contribution in [-0.2, 0) is 6.54 Å². The number of ether oxygens (including phenoxy) is 1. The Balaban J connectivity index is 2.05. The second-order valence-electron chi connectivity index (χ2n) is 5.13. The fraction of sp³-hybridized carbons (Fsp3) is 0.294. The molecule has 20 heavy (non-hydrogen) atoms. The van der Waals surface area contributed by atoms with E-state index in [0.717, 1.165) is 23.0 Å². The number of nitrogens with one attached hydrogen (secondary N) is 1. The molecule has 2 rings (SSSR count). The molecule has 0 spiro atoms. The molecule has 0 atom stereocenters. The van der Waals surface area contributed by atoms with Gasteiger partial charge in [0.25, 0.3) is 0 Å². The monoisotopic (exact) mass is 289 g/mol. The van der Waals surface area contributed by atoms with Crippen LogP contribution in [0.2, 0.25) is 5.02 Å². The normalized spacial score (nSPS) is 10.7. The van der Waals surface area contributed by atoms with Gasteiger partial charge in [0.15, 0.2) is 0 Å². The lowest BCUT2D eigenvalue weighted by atomic mass is 10.1. The molecule has 0 aliphatic carbocycles. The van der Waals surface area contributed by atoms with Gasteiger partial charge in [-0.15, -0.1) is 0 Å². The van der Waals surface area contributed by atoms with Crippen molar-refractivity contribution in [2.45, 2.75) is 33.4 Å². The van der Waals surface area contributed by atoms with Crippen molar-refractivity contribution < 1.29 is 4.74 Å². The van der Waals surface area contributed by atoms with E-state index in [1.54, 1.807) is 0 Å². The van der Waals surface area contributed by atoms with E-state index < -0.39 is 0 Å². The fourth-order valence-corrected chi connectivity index (χ4v) is 2.15. The quantitative estimate of drug-likeness (QED) is 0.832. The van der Waals surface area contributed by atoms with Crippen LogP contribution in [0.5, 0.6) is 5.75 Å². The van der Waals surface area contributed by atoms with E-state index in [0.29, 0.717) is 0 Å². The van der Waals surface area contributed by atoms with Gasteiger partial charge >= 0.3 is 0 Å². The van der Waals surface area contributed by atoms with Crippen molar-refractivity contribution >= 4 is 17.3 Å². The van der Waals surface area contributed by atoms with E-state index in [2.05, 4.69) is 24.4 Å². The number of rotatable bonds is 5. The van der Waals surface area contributed by atoms with Crippen LogP contribution in [0, 0.1) is 6.92 Å². The Morgan fingerprint density at radius 2 is 1.95 bits per heavy atom. The maximum atomic E-state index is 6.02. The first kappa shape index (κ1) is 14.7. The van der Waals surface area contributed by atoms with E-state index in [-0.39, 0.29) is 6.10 Å². The highest BCUT2D eigenvalue weighted by molar-refractivity contribution is 6.30. The molecule has 0 unspecified atom stereocenters. The summed E-state index contributed by atoms with van der Waals surface area (Å²) in [7, 11) is 0. The summed E-state index contributed by atoms with van der Waals surface area (Å²) in [5.41, 5.74) is 3.43. The summed E-state index contributed by atoms with van der Waals surface area (Å²) in [5, 5.41) is 4.16. The minimum absolute atomic E-state index is 0.188. The summed E-state index contributed by atoms with van der Waals surface area (Å²) < 4.78 is 5.70. The molecule has 0 radical (unpaired) electrons. The molecule has 0 saturated carbocycles. The number of hydrogen-bond donors (Lipinski definition) is 1. The largest absolute Gasteiger partial charge is 0.491 e. The molecule has 0 amide bonds. The lowest BCUT2D eigenvalue weighted by Crippen LogP contribution is -2.06. The first-order chi connectivity index (χ1) is 9.54. The molecular formula is C17H20ClNO.